The van der Waals surface area contributed by atoms with Crippen molar-refractivity contribution in [3.8, 4) is 0 Å². The predicted octanol–water partition coefficient (Wildman–Crippen LogP) is 7.26. The smallest absolute Gasteiger partial charge is 0.307 e. The van der Waals surface area contributed by atoms with E-state index in [1.54, 1.807) is 12.2 Å². The van der Waals surface area contributed by atoms with Crippen LogP contribution in [0.5, 0.6) is 0 Å². The molecule has 0 saturated heterocycles. The summed E-state index contributed by atoms with van der Waals surface area (Å²) in [5.41, 5.74) is -0.282. The number of rotatable bonds is 12. The molecule has 0 aliphatic carbocycles. The number of para-hydroxylation sites is 1. The number of alkyl halides is 9. The summed E-state index contributed by atoms with van der Waals surface area (Å²) in [4.78, 5) is 13.0. The standard InChI is InChI=1S/C21H24F9NO2Si/c1-4-12-34(3,13-5-2)14-11-31(16-9-7-6-8-10-16)17(32)20(27,21(28,29)30)33-19(25,26)15-18(22,23)24/h4-10H,1-2,11-15H2,3H3. The van der Waals surface area contributed by atoms with E-state index < -0.39 is 51.3 Å². The highest BCUT2D eigenvalue weighted by Gasteiger charge is 2.69. The predicted molar refractivity (Wildman–Crippen MR) is 112 cm³/mol. The van der Waals surface area contributed by atoms with Crippen molar-refractivity contribution >= 4 is 19.7 Å². The number of ether oxygens (including phenoxy) is 1. The van der Waals surface area contributed by atoms with Crippen molar-refractivity contribution in [1.29, 1.82) is 0 Å². The second-order valence-corrected chi connectivity index (χ2v) is 12.9. The van der Waals surface area contributed by atoms with Gasteiger partial charge in [-0.3, -0.25) is 9.53 Å². The van der Waals surface area contributed by atoms with Gasteiger partial charge in [0.25, 0.3) is 0 Å². The van der Waals surface area contributed by atoms with E-state index in [0.29, 0.717) is 12.1 Å². The quantitative estimate of drug-likeness (QED) is 0.165. The van der Waals surface area contributed by atoms with Gasteiger partial charge in [0, 0.05) is 12.2 Å². The normalized spacial score (nSPS) is 14.9. The molecule has 1 amide bonds. The van der Waals surface area contributed by atoms with Gasteiger partial charge in [-0.2, -0.15) is 39.5 Å². The Morgan fingerprint density at radius 2 is 1.47 bits per heavy atom. The number of hydrogen-bond acceptors (Lipinski definition) is 2. The van der Waals surface area contributed by atoms with Crippen LogP contribution in [0.3, 0.4) is 0 Å². The van der Waals surface area contributed by atoms with Crippen LogP contribution in [0.25, 0.3) is 0 Å². The molecule has 0 aliphatic rings. The van der Waals surface area contributed by atoms with Crippen LogP contribution in [0, 0.1) is 0 Å². The molecule has 1 aromatic carbocycles. The van der Waals surface area contributed by atoms with Crippen LogP contribution in [0.15, 0.2) is 55.6 Å². The minimum Gasteiger partial charge on any atom is -0.307 e. The van der Waals surface area contributed by atoms with Gasteiger partial charge in [-0.15, -0.1) is 13.2 Å². The highest BCUT2D eigenvalue weighted by molar-refractivity contribution is 6.79. The number of halogens is 9. The molecule has 34 heavy (non-hydrogen) atoms. The van der Waals surface area contributed by atoms with Gasteiger partial charge in [-0.1, -0.05) is 36.9 Å². The molecule has 0 spiro atoms. The van der Waals surface area contributed by atoms with Gasteiger partial charge in [0.05, 0.1) is 8.07 Å². The summed E-state index contributed by atoms with van der Waals surface area (Å²) in [7, 11) is -2.35. The maximum atomic E-state index is 15.0. The molecule has 192 valence electrons. The first-order valence-electron chi connectivity index (χ1n) is 9.89. The number of anilines is 1. The summed E-state index contributed by atoms with van der Waals surface area (Å²) in [6, 6.07) is 7.27. The molecule has 0 fully saturated rings. The van der Waals surface area contributed by atoms with Crippen LogP contribution in [0.2, 0.25) is 24.7 Å². The van der Waals surface area contributed by atoms with Crippen LogP contribution < -0.4 is 4.90 Å². The van der Waals surface area contributed by atoms with E-state index in [1.807, 2.05) is 6.55 Å². The average molecular weight is 521 g/mol. The van der Waals surface area contributed by atoms with E-state index in [9.17, 15) is 39.9 Å². The maximum absolute atomic E-state index is 15.0. The number of nitrogens with zero attached hydrogens (tertiary/aromatic N) is 1. The number of carbonyl (C=O) groups is 1. The molecule has 1 aromatic rings. The fourth-order valence-electron chi connectivity index (χ4n) is 3.19. The maximum Gasteiger partial charge on any atom is 0.458 e. The average Bonchev–Trinajstić information content (AvgIpc) is 2.66. The van der Waals surface area contributed by atoms with Crippen molar-refractivity contribution in [1.82, 2.24) is 0 Å². The molecular formula is C21H24F9NO2Si. The second kappa shape index (κ2) is 11.0. The zero-order chi connectivity index (χ0) is 26.4. The van der Waals surface area contributed by atoms with Crippen molar-refractivity contribution < 1.29 is 49.0 Å². The largest absolute Gasteiger partial charge is 0.458 e. The summed E-state index contributed by atoms with van der Waals surface area (Å²) >= 11 is 0. The van der Waals surface area contributed by atoms with Gasteiger partial charge < -0.3 is 4.90 Å². The number of benzene rings is 1. The third-order valence-electron chi connectivity index (χ3n) is 4.86. The zero-order valence-corrected chi connectivity index (χ0v) is 19.2. The molecule has 3 nitrogen and oxygen atoms in total. The lowest BCUT2D eigenvalue weighted by molar-refractivity contribution is -0.406. The molecule has 1 rings (SSSR count). The van der Waals surface area contributed by atoms with Crippen molar-refractivity contribution in [2.45, 2.75) is 55.4 Å². The molecule has 0 radical (unpaired) electrons. The Bertz CT molecular complexity index is 833. The van der Waals surface area contributed by atoms with Crippen molar-refractivity contribution in [2.24, 2.45) is 0 Å². The van der Waals surface area contributed by atoms with Crippen molar-refractivity contribution in [3.05, 3.63) is 55.6 Å². The summed E-state index contributed by atoms with van der Waals surface area (Å²) < 4.78 is 123. The molecular weight excluding hydrogens is 497 g/mol. The third-order valence-corrected chi connectivity index (χ3v) is 8.84. The molecule has 1 unspecified atom stereocenters. The van der Waals surface area contributed by atoms with E-state index in [4.69, 9.17) is 0 Å². The minimum atomic E-state index is -6.41. The van der Waals surface area contributed by atoms with Crippen LogP contribution >= 0.6 is 0 Å². The second-order valence-electron chi connectivity index (χ2n) is 7.96. The summed E-state index contributed by atoms with van der Waals surface area (Å²) in [6.45, 7) is 8.50. The number of amides is 1. The number of hydrogen-bond donors (Lipinski definition) is 0. The first kappa shape index (κ1) is 29.7. The fraction of sp³-hybridized carbons (Fsp3) is 0.476. The van der Waals surface area contributed by atoms with Crippen LogP contribution in [0.4, 0.5) is 45.2 Å². The first-order chi connectivity index (χ1) is 15.4. The molecule has 13 heteroatoms. The summed E-state index contributed by atoms with van der Waals surface area (Å²) in [5.74, 6) is -8.35. The number of allylic oxidation sites excluding steroid dienone is 2. The Hall–Kier alpha value is -2.28. The summed E-state index contributed by atoms with van der Waals surface area (Å²) in [6.07, 6.45) is -17.9. The Labute approximate surface area is 191 Å². The zero-order valence-electron chi connectivity index (χ0n) is 18.2. The van der Waals surface area contributed by atoms with Gasteiger partial charge in [0.2, 0.25) is 0 Å². The van der Waals surface area contributed by atoms with Gasteiger partial charge >= 0.3 is 30.2 Å². The molecule has 0 N–H and O–H groups in total. The van der Waals surface area contributed by atoms with E-state index >= 15 is 4.39 Å². The van der Waals surface area contributed by atoms with E-state index in [2.05, 4.69) is 17.9 Å². The molecule has 1 atom stereocenters. The molecule has 0 saturated carbocycles. The van der Waals surface area contributed by atoms with Crippen molar-refractivity contribution in [3.63, 3.8) is 0 Å². The molecule has 0 heterocycles. The molecule has 0 bridgehead atoms. The minimum absolute atomic E-state index is 0.0819. The van der Waals surface area contributed by atoms with Crippen molar-refractivity contribution in [2.75, 3.05) is 11.4 Å². The Morgan fingerprint density at radius 1 is 0.971 bits per heavy atom. The van der Waals surface area contributed by atoms with Crippen LogP contribution in [0.1, 0.15) is 6.42 Å². The third kappa shape index (κ3) is 8.19. The van der Waals surface area contributed by atoms with Gasteiger partial charge in [0.1, 0.15) is 6.42 Å². The van der Waals surface area contributed by atoms with E-state index in [1.165, 1.54) is 18.2 Å². The lowest BCUT2D eigenvalue weighted by atomic mass is 10.2. The molecule has 0 aliphatic heterocycles. The van der Waals surface area contributed by atoms with Crippen LogP contribution in [-0.2, 0) is 9.53 Å². The highest BCUT2D eigenvalue weighted by atomic mass is 28.3. The van der Waals surface area contributed by atoms with Gasteiger partial charge in [0.15, 0.2) is 0 Å². The lowest BCUT2D eigenvalue weighted by Gasteiger charge is -2.36. The fourth-order valence-corrected chi connectivity index (χ4v) is 5.93. The van der Waals surface area contributed by atoms with E-state index in [0.717, 1.165) is 12.1 Å². The van der Waals surface area contributed by atoms with Crippen LogP contribution in [-0.4, -0.2) is 44.8 Å². The summed E-state index contributed by atoms with van der Waals surface area (Å²) in [5, 5.41) is 0. The SMILES string of the molecule is C=CC[Si](C)(CC=C)CCN(C(=O)C(F)(OC(F)(F)CC(F)(F)F)C(F)(F)F)c1ccccc1. The van der Waals surface area contributed by atoms with Gasteiger partial charge in [-0.05, 0) is 30.3 Å². The molecule has 0 aromatic heterocycles. The Morgan fingerprint density at radius 3 is 1.88 bits per heavy atom. The topological polar surface area (TPSA) is 29.5 Å². The number of carbonyl (C=O) groups excluding carboxylic acids is 1. The first-order valence-corrected chi connectivity index (χ1v) is 13.0. The Kier molecular flexibility index (Phi) is 9.60. The van der Waals surface area contributed by atoms with E-state index in [-0.39, 0.29) is 16.6 Å². The lowest BCUT2D eigenvalue weighted by Crippen LogP contribution is -2.60. The monoisotopic (exact) mass is 521 g/mol. The Balaban J connectivity index is 3.45. The highest BCUT2D eigenvalue weighted by Crippen LogP contribution is 2.44. The van der Waals surface area contributed by atoms with Gasteiger partial charge in [-0.25, -0.2) is 0 Å².